The Morgan fingerprint density at radius 1 is 0.974 bits per heavy atom. The number of nitrogens with one attached hydrogen (secondary N) is 1. The number of halogens is 1. The summed E-state index contributed by atoms with van der Waals surface area (Å²) in [6.45, 7) is 0.223. The summed E-state index contributed by atoms with van der Waals surface area (Å²) >= 11 is 7.56. The maximum Gasteiger partial charge on any atom is 0.251 e. The van der Waals surface area contributed by atoms with E-state index in [1.54, 1.807) is 54.4 Å². The third-order valence-corrected chi connectivity index (χ3v) is 8.03. The Kier molecular flexibility index (Phi) is 7.44. The number of nitrogens with zero attached hydrogens (tertiary/aromatic N) is 2. The Balaban J connectivity index is 1.40. The van der Waals surface area contributed by atoms with Crippen LogP contribution in [0.5, 0.6) is 0 Å². The van der Waals surface area contributed by atoms with Crippen LogP contribution in [0.2, 0.25) is 5.02 Å². The highest BCUT2D eigenvalue weighted by Crippen LogP contribution is 2.40. The van der Waals surface area contributed by atoms with Crippen molar-refractivity contribution in [2.24, 2.45) is 15.1 Å². The van der Waals surface area contributed by atoms with Crippen molar-refractivity contribution in [1.82, 2.24) is 5.32 Å². The fourth-order valence-corrected chi connectivity index (χ4v) is 5.37. The van der Waals surface area contributed by atoms with Crippen LogP contribution < -0.4 is 10.5 Å². The van der Waals surface area contributed by atoms with E-state index in [2.05, 4.69) is 10.3 Å². The highest BCUT2D eigenvalue weighted by atomic mass is 35.5. The quantitative estimate of drug-likeness (QED) is 0.310. The van der Waals surface area contributed by atoms with Crippen molar-refractivity contribution >= 4 is 57.0 Å². The van der Waals surface area contributed by atoms with Gasteiger partial charge >= 0.3 is 0 Å². The lowest BCUT2D eigenvalue weighted by Crippen LogP contribution is -2.22. The van der Waals surface area contributed by atoms with Crippen LogP contribution >= 0.6 is 23.4 Å². The maximum atomic E-state index is 12.9. The van der Waals surface area contributed by atoms with Crippen molar-refractivity contribution in [2.75, 3.05) is 0 Å². The molecule has 4 aromatic carbocycles. The zero-order valence-electron chi connectivity index (χ0n) is 19.8. The second-order valence-electron chi connectivity index (χ2n) is 8.40. The maximum absolute atomic E-state index is 12.9. The van der Waals surface area contributed by atoms with Gasteiger partial charge in [-0.3, -0.25) is 4.79 Å². The zero-order chi connectivity index (χ0) is 26.7. The van der Waals surface area contributed by atoms with Gasteiger partial charge in [0.15, 0.2) is 5.84 Å². The molecule has 10 heteroatoms. The molecular weight excluding hydrogens is 540 g/mol. The van der Waals surface area contributed by atoms with Crippen LogP contribution in [0.15, 0.2) is 116 Å². The van der Waals surface area contributed by atoms with Gasteiger partial charge in [0.2, 0.25) is 10.0 Å². The SMILES string of the molecule is NS(=O)(=O)c1ccc(CNC(=O)c2ccc3c(c2)N=C(/N=C/c2ccc(Cl)cc2)c2ccccc2S3)cc1. The van der Waals surface area contributed by atoms with E-state index in [1.165, 1.54) is 12.1 Å². The van der Waals surface area contributed by atoms with E-state index in [4.69, 9.17) is 21.7 Å². The summed E-state index contributed by atoms with van der Waals surface area (Å²) in [6, 6.07) is 26.7. The molecule has 0 aliphatic carbocycles. The molecule has 190 valence electrons. The normalized spacial score (nSPS) is 12.8. The second kappa shape index (κ2) is 10.9. The highest BCUT2D eigenvalue weighted by molar-refractivity contribution is 7.99. The van der Waals surface area contributed by atoms with Crippen molar-refractivity contribution in [3.63, 3.8) is 0 Å². The first-order valence-electron chi connectivity index (χ1n) is 11.5. The molecule has 0 radical (unpaired) electrons. The smallest absolute Gasteiger partial charge is 0.251 e. The minimum Gasteiger partial charge on any atom is -0.348 e. The molecule has 1 aliphatic rings. The number of aliphatic imine (C=N–C) groups is 2. The summed E-state index contributed by atoms with van der Waals surface area (Å²) < 4.78 is 22.9. The largest absolute Gasteiger partial charge is 0.348 e. The molecule has 5 rings (SSSR count). The number of sulfonamides is 1. The van der Waals surface area contributed by atoms with Crippen LogP contribution in [-0.4, -0.2) is 26.4 Å². The van der Waals surface area contributed by atoms with E-state index in [0.29, 0.717) is 22.1 Å². The minimum absolute atomic E-state index is 0.0178. The van der Waals surface area contributed by atoms with Crippen molar-refractivity contribution in [2.45, 2.75) is 21.2 Å². The average molecular weight is 561 g/mol. The van der Waals surface area contributed by atoms with Crippen LogP contribution in [0.4, 0.5) is 5.69 Å². The second-order valence-corrected chi connectivity index (χ2v) is 11.5. The van der Waals surface area contributed by atoms with Crippen molar-refractivity contribution in [3.8, 4) is 0 Å². The summed E-state index contributed by atoms with van der Waals surface area (Å²) in [5, 5.41) is 8.65. The Hall–Kier alpha value is -3.76. The van der Waals surface area contributed by atoms with Crippen molar-refractivity contribution in [1.29, 1.82) is 0 Å². The first-order valence-corrected chi connectivity index (χ1v) is 14.2. The van der Waals surface area contributed by atoms with Gasteiger partial charge in [-0.25, -0.2) is 23.5 Å². The topological polar surface area (TPSA) is 114 Å². The molecule has 0 fully saturated rings. The predicted molar refractivity (Wildman–Crippen MR) is 151 cm³/mol. The molecule has 0 saturated heterocycles. The van der Waals surface area contributed by atoms with Crippen LogP contribution in [0, 0.1) is 0 Å². The Bertz CT molecular complexity index is 1680. The number of carbonyl (C=O) groups is 1. The predicted octanol–water partition coefficient (Wildman–Crippen LogP) is 5.58. The summed E-state index contributed by atoms with van der Waals surface area (Å²) in [5.41, 5.74) is 3.61. The zero-order valence-corrected chi connectivity index (χ0v) is 22.2. The number of amides is 1. The minimum atomic E-state index is -3.77. The number of primary sulfonamides is 1. The molecule has 1 amide bonds. The van der Waals surface area contributed by atoms with E-state index in [1.807, 2.05) is 42.5 Å². The number of fused-ring (bicyclic) bond motifs is 2. The van der Waals surface area contributed by atoms with E-state index < -0.39 is 10.0 Å². The van der Waals surface area contributed by atoms with Gasteiger partial charge in [0.1, 0.15) is 0 Å². The number of benzene rings is 4. The summed E-state index contributed by atoms with van der Waals surface area (Å²) in [5.74, 6) is 0.255. The van der Waals surface area contributed by atoms with E-state index in [0.717, 1.165) is 26.5 Å². The average Bonchev–Trinajstić information content (AvgIpc) is 3.07. The fraction of sp³-hybridized carbons (Fsp3) is 0.0357. The standard InChI is InChI=1S/C28H21ClN4O3S2/c29-21-10-5-18(6-11-21)16-31-27-23-3-1-2-4-25(23)37-26-14-9-20(15-24(26)33-27)28(34)32-17-19-7-12-22(13-8-19)38(30,35)36/h1-16H,17H2,(H,32,34)(H2,30,35,36)/b31-16+. The Labute approximate surface area is 229 Å². The third-order valence-electron chi connectivity index (χ3n) is 5.71. The molecule has 3 N–H and O–H groups in total. The van der Waals surface area contributed by atoms with Crippen LogP contribution in [0.1, 0.15) is 27.0 Å². The van der Waals surface area contributed by atoms with Gasteiger partial charge < -0.3 is 5.32 Å². The van der Waals surface area contributed by atoms with Gasteiger partial charge in [0.25, 0.3) is 5.91 Å². The summed E-state index contributed by atoms with van der Waals surface area (Å²) in [4.78, 5) is 24.4. The molecule has 0 saturated carbocycles. The van der Waals surface area contributed by atoms with E-state index in [-0.39, 0.29) is 17.3 Å². The van der Waals surface area contributed by atoms with Crippen molar-refractivity contribution < 1.29 is 13.2 Å². The molecule has 0 bridgehead atoms. The van der Waals surface area contributed by atoms with Gasteiger partial charge in [-0.1, -0.05) is 65.8 Å². The van der Waals surface area contributed by atoms with E-state index >= 15 is 0 Å². The first kappa shape index (κ1) is 25.9. The lowest BCUT2D eigenvalue weighted by molar-refractivity contribution is 0.0951. The Morgan fingerprint density at radius 3 is 2.45 bits per heavy atom. The lowest BCUT2D eigenvalue weighted by Gasteiger charge is -2.09. The summed E-state index contributed by atoms with van der Waals surface area (Å²) in [7, 11) is -3.77. The Morgan fingerprint density at radius 2 is 1.71 bits per heavy atom. The molecular formula is C28H21ClN4O3S2. The van der Waals surface area contributed by atoms with Gasteiger partial charge in [0.05, 0.1) is 10.6 Å². The van der Waals surface area contributed by atoms with Gasteiger partial charge in [-0.05, 0) is 59.7 Å². The molecule has 0 aromatic heterocycles. The van der Waals surface area contributed by atoms with Crippen molar-refractivity contribution in [3.05, 3.63) is 118 Å². The fourth-order valence-electron chi connectivity index (χ4n) is 3.73. The monoisotopic (exact) mass is 560 g/mol. The number of nitrogens with two attached hydrogens (primary N) is 1. The van der Waals surface area contributed by atoms with Crippen LogP contribution in [0.25, 0.3) is 0 Å². The molecule has 1 aliphatic heterocycles. The number of carbonyl (C=O) groups excluding carboxylic acids is 1. The van der Waals surface area contributed by atoms with Gasteiger partial charge in [-0.2, -0.15) is 0 Å². The number of rotatable bonds is 5. The third kappa shape index (κ3) is 6.03. The highest BCUT2D eigenvalue weighted by Gasteiger charge is 2.18. The van der Waals surface area contributed by atoms with Gasteiger partial charge in [-0.15, -0.1) is 0 Å². The molecule has 38 heavy (non-hydrogen) atoms. The molecule has 7 nitrogen and oxygen atoms in total. The molecule has 0 atom stereocenters. The molecule has 0 unspecified atom stereocenters. The number of amidine groups is 1. The number of hydrogen-bond donors (Lipinski definition) is 2. The van der Waals surface area contributed by atoms with E-state index in [9.17, 15) is 13.2 Å². The lowest BCUT2D eigenvalue weighted by atomic mass is 10.1. The molecule has 1 heterocycles. The van der Waals surface area contributed by atoms with Crippen LogP contribution in [0.3, 0.4) is 0 Å². The van der Waals surface area contributed by atoms with Crippen LogP contribution in [-0.2, 0) is 16.6 Å². The first-order chi connectivity index (χ1) is 18.3. The summed E-state index contributed by atoms with van der Waals surface area (Å²) in [6.07, 6.45) is 1.74. The van der Waals surface area contributed by atoms with Gasteiger partial charge in [0, 0.05) is 38.7 Å². The molecule has 4 aromatic rings. The molecule has 0 spiro atoms. The number of hydrogen-bond acceptors (Lipinski definition) is 6.